The zero-order chi connectivity index (χ0) is 10.1. The van der Waals surface area contributed by atoms with Crippen molar-refractivity contribution in [3.63, 3.8) is 0 Å². The minimum atomic E-state index is -1.23. The van der Waals surface area contributed by atoms with E-state index in [1.165, 1.54) is 6.92 Å². The van der Waals surface area contributed by atoms with Gasteiger partial charge >= 0.3 is 5.97 Å². The van der Waals surface area contributed by atoms with E-state index in [0.717, 1.165) is 0 Å². The second-order valence-corrected chi connectivity index (χ2v) is 1.90. The Morgan fingerprint density at radius 3 is 1.77 bits per heavy atom. The van der Waals surface area contributed by atoms with Crippen LogP contribution in [0.4, 0.5) is 0 Å². The maximum atomic E-state index is 9.45. The molecule has 83 valence electrons. The largest absolute Gasteiger partial charge is 0.479 e. The number of rotatable bonds is 3. The molecule has 0 aromatic carbocycles. The molecule has 0 aromatic heterocycles. The molecular weight excluding hydrogens is 232 g/mol. The van der Waals surface area contributed by atoms with Crippen LogP contribution in [0.1, 0.15) is 6.92 Å². The predicted molar refractivity (Wildman–Crippen MR) is 38.5 cm³/mol. The number of aliphatic hydroxyl groups excluding tert-OH is 3. The topological polar surface area (TPSA) is 115 Å². The zero-order valence-corrected chi connectivity index (χ0v) is 7.79. The minimum absolute atomic E-state index is 0. The third kappa shape index (κ3) is 18.5. The normalized spacial score (nSPS) is 12.6. The number of aldehydes is 1. The van der Waals surface area contributed by atoms with E-state index >= 15 is 0 Å². The molecule has 0 saturated carbocycles. The summed E-state index contributed by atoms with van der Waals surface area (Å²) in [6.07, 6.45) is -2.14. The van der Waals surface area contributed by atoms with Gasteiger partial charge in [-0.2, -0.15) is 0 Å². The van der Waals surface area contributed by atoms with Crippen molar-refractivity contribution in [2.75, 3.05) is 6.61 Å². The molecule has 0 aliphatic carbocycles. The van der Waals surface area contributed by atoms with Crippen LogP contribution in [0, 0.1) is 0 Å². The van der Waals surface area contributed by atoms with Crippen molar-refractivity contribution in [1.29, 1.82) is 0 Å². The molecule has 6 nitrogen and oxygen atoms in total. The van der Waals surface area contributed by atoms with Gasteiger partial charge in [-0.15, -0.1) is 0 Å². The van der Waals surface area contributed by atoms with E-state index in [2.05, 4.69) is 0 Å². The number of aliphatic carboxylic acids is 1. The standard InChI is InChI=1S/2C3H6O3.Cu/c4-1-3(6)2-5;1-2(4)3(5)6;/h1,3,5-6H,2H2;2,4H,1H3,(H,5,6);. The molecule has 1 radical (unpaired) electrons. The fourth-order valence-corrected chi connectivity index (χ4v) is 0.0430. The van der Waals surface area contributed by atoms with Crippen LogP contribution in [-0.4, -0.2) is 51.5 Å². The Bertz CT molecular complexity index is 137. The van der Waals surface area contributed by atoms with Gasteiger partial charge in [-0.1, -0.05) is 0 Å². The molecule has 0 rings (SSSR count). The first-order valence-corrected chi connectivity index (χ1v) is 3.10. The van der Waals surface area contributed by atoms with Gasteiger partial charge in [0.25, 0.3) is 0 Å². The van der Waals surface area contributed by atoms with Crippen molar-refractivity contribution in [3.05, 3.63) is 0 Å². The van der Waals surface area contributed by atoms with Crippen molar-refractivity contribution in [2.24, 2.45) is 0 Å². The molecule has 2 unspecified atom stereocenters. The van der Waals surface area contributed by atoms with Gasteiger partial charge in [0.15, 0.2) is 6.29 Å². The Kier molecular flexibility index (Phi) is 16.3. The number of carboxylic acid groups (broad SMARTS) is 1. The molecule has 4 N–H and O–H groups in total. The van der Waals surface area contributed by atoms with Crippen molar-refractivity contribution in [3.8, 4) is 0 Å². The molecule has 2 atom stereocenters. The number of aliphatic hydroxyl groups is 3. The maximum absolute atomic E-state index is 9.45. The van der Waals surface area contributed by atoms with Crippen LogP contribution in [0.15, 0.2) is 0 Å². The summed E-state index contributed by atoms with van der Waals surface area (Å²) in [5, 5.41) is 31.7. The summed E-state index contributed by atoms with van der Waals surface area (Å²) in [6.45, 7) is 0.714. The van der Waals surface area contributed by atoms with Crippen molar-refractivity contribution in [2.45, 2.75) is 19.1 Å². The number of hydrogen-bond acceptors (Lipinski definition) is 5. The average Bonchev–Trinajstić information content (AvgIpc) is 2.04. The number of hydrogen-bond donors (Lipinski definition) is 4. The Morgan fingerprint density at radius 2 is 1.77 bits per heavy atom. The first kappa shape index (κ1) is 18.3. The van der Waals surface area contributed by atoms with Crippen LogP contribution in [0.25, 0.3) is 0 Å². The van der Waals surface area contributed by atoms with E-state index in [4.69, 9.17) is 20.4 Å². The number of carboxylic acids is 1. The Morgan fingerprint density at radius 1 is 1.46 bits per heavy atom. The summed E-state index contributed by atoms with van der Waals surface area (Å²) in [5.74, 6) is -1.19. The van der Waals surface area contributed by atoms with Crippen molar-refractivity contribution < 1.29 is 47.1 Å². The third-order valence-electron chi connectivity index (χ3n) is 0.702. The van der Waals surface area contributed by atoms with E-state index in [-0.39, 0.29) is 23.4 Å². The van der Waals surface area contributed by atoms with Crippen LogP contribution in [-0.2, 0) is 26.7 Å². The van der Waals surface area contributed by atoms with Gasteiger partial charge in [0.2, 0.25) is 0 Å². The molecule has 0 amide bonds. The van der Waals surface area contributed by atoms with Gasteiger partial charge in [-0.05, 0) is 6.92 Å². The van der Waals surface area contributed by atoms with E-state index in [0.29, 0.717) is 0 Å². The second-order valence-electron chi connectivity index (χ2n) is 1.90. The molecule has 0 heterocycles. The molecule has 0 aliphatic rings. The molecule has 0 bridgehead atoms. The molecule has 0 saturated heterocycles. The molecule has 13 heavy (non-hydrogen) atoms. The van der Waals surface area contributed by atoms with Crippen LogP contribution in [0.2, 0.25) is 0 Å². The van der Waals surface area contributed by atoms with Crippen LogP contribution in [0.3, 0.4) is 0 Å². The minimum Gasteiger partial charge on any atom is -0.479 e. The Hall–Kier alpha value is -0.461. The van der Waals surface area contributed by atoms with Crippen LogP contribution >= 0.6 is 0 Å². The van der Waals surface area contributed by atoms with Gasteiger partial charge < -0.3 is 25.2 Å². The fourth-order valence-electron chi connectivity index (χ4n) is 0.0430. The smallest absolute Gasteiger partial charge is 0.332 e. The summed E-state index contributed by atoms with van der Waals surface area (Å²) >= 11 is 0. The molecule has 0 fully saturated rings. The second kappa shape index (κ2) is 11.5. The summed E-state index contributed by atoms with van der Waals surface area (Å²) in [4.78, 5) is 18.8. The summed E-state index contributed by atoms with van der Waals surface area (Å²) < 4.78 is 0. The first-order valence-electron chi connectivity index (χ1n) is 3.10. The predicted octanol–water partition coefficient (Wildman–Crippen LogP) is -2.01. The molecule has 0 aromatic rings. The molecule has 0 aliphatic heterocycles. The SMILES string of the molecule is CC(O)C(=O)O.O=CC(O)CO.[Cu]. The van der Waals surface area contributed by atoms with Gasteiger partial charge in [0, 0.05) is 17.1 Å². The maximum Gasteiger partial charge on any atom is 0.332 e. The molecule has 7 heteroatoms. The molecule has 0 spiro atoms. The van der Waals surface area contributed by atoms with Crippen LogP contribution < -0.4 is 0 Å². The van der Waals surface area contributed by atoms with Gasteiger partial charge in [0.1, 0.15) is 12.2 Å². The van der Waals surface area contributed by atoms with Gasteiger partial charge in [-0.3, -0.25) is 0 Å². The number of carbonyl (C=O) groups excluding carboxylic acids is 1. The summed E-state index contributed by atoms with van der Waals surface area (Å²) in [5.41, 5.74) is 0. The van der Waals surface area contributed by atoms with E-state index in [1.54, 1.807) is 0 Å². The fraction of sp³-hybridized carbons (Fsp3) is 0.667. The number of carbonyl (C=O) groups is 2. The van der Waals surface area contributed by atoms with E-state index < -0.39 is 24.8 Å². The van der Waals surface area contributed by atoms with Gasteiger partial charge in [-0.25, -0.2) is 4.79 Å². The Balaban J connectivity index is -0.000000143. The Labute approximate surface area is 85.7 Å². The third-order valence-corrected chi connectivity index (χ3v) is 0.702. The van der Waals surface area contributed by atoms with Crippen molar-refractivity contribution >= 4 is 12.3 Å². The van der Waals surface area contributed by atoms with E-state index in [1.807, 2.05) is 0 Å². The monoisotopic (exact) mass is 243 g/mol. The first-order chi connectivity index (χ1) is 5.45. The quantitative estimate of drug-likeness (QED) is 0.336. The summed E-state index contributed by atoms with van der Waals surface area (Å²) in [6, 6.07) is 0. The van der Waals surface area contributed by atoms with Gasteiger partial charge in [0.05, 0.1) is 6.61 Å². The zero-order valence-electron chi connectivity index (χ0n) is 6.85. The van der Waals surface area contributed by atoms with Crippen molar-refractivity contribution in [1.82, 2.24) is 0 Å². The van der Waals surface area contributed by atoms with E-state index in [9.17, 15) is 9.59 Å². The summed E-state index contributed by atoms with van der Waals surface area (Å²) in [7, 11) is 0. The molecular formula is C6H12CuO6. The average molecular weight is 244 g/mol. The van der Waals surface area contributed by atoms with Crippen LogP contribution in [0.5, 0.6) is 0 Å².